The van der Waals surface area contributed by atoms with Gasteiger partial charge in [-0.25, -0.2) is 9.97 Å². The van der Waals surface area contributed by atoms with Crippen LogP contribution in [0.1, 0.15) is 0 Å². The third-order valence-corrected chi connectivity index (χ3v) is 2.69. The van der Waals surface area contributed by atoms with E-state index >= 15 is 0 Å². The summed E-state index contributed by atoms with van der Waals surface area (Å²) in [5, 5.41) is 13.0. The van der Waals surface area contributed by atoms with Crippen LogP contribution in [0, 0.1) is 0 Å². The summed E-state index contributed by atoms with van der Waals surface area (Å²) >= 11 is 0. The van der Waals surface area contributed by atoms with Gasteiger partial charge in [-0.05, 0) is 12.1 Å². The fraction of sp³-hybridized carbons (Fsp3) is 0.167. The quantitative estimate of drug-likeness (QED) is 0.705. The van der Waals surface area contributed by atoms with E-state index in [4.69, 9.17) is 10.8 Å². The number of pyridine rings is 1. The maximum Gasteiger partial charge on any atom is 0.180 e. The Morgan fingerprint density at radius 1 is 1.21 bits per heavy atom. The van der Waals surface area contributed by atoms with Crippen LogP contribution in [0.5, 0.6) is 0 Å². The van der Waals surface area contributed by atoms with Gasteiger partial charge in [-0.3, -0.25) is 9.67 Å². The van der Waals surface area contributed by atoms with Crippen LogP contribution in [0.15, 0.2) is 30.7 Å². The molecule has 3 N–H and O–H groups in total. The van der Waals surface area contributed by atoms with Gasteiger partial charge in [-0.1, -0.05) is 0 Å². The van der Waals surface area contributed by atoms with Gasteiger partial charge in [-0.15, -0.1) is 0 Å². The molecule has 0 aliphatic heterocycles. The first kappa shape index (κ1) is 11.5. The van der Waals surface area contributed by atoms with Gasteiger partial charge in [0.2, 0.25) is 0 Å². The van der Waals surface area contributed by atoms with Crippen LogP contribution >= 0.6 is 0 Å². The van der Waals surface area contributed by atoms with Crippen LogP contribution in [0.3, 0.4) is 0 Å². The highest BCUT2D eigenvalue weighted by molar-refractivity contribution is 5.74. The molecule has 96 valence electrons. The van der Waals surface area contributed by atoms with Gasteiger partial charge in [0, 0.05) is 11.8 Å². The molecule has 0 bridgehead atoms. The molecular weight excluding hydrogens is 244 g/mol. The van der Waals surface area contributed by atoms with Crippen LogP contribution in [0.4, 0.5) is 5.82 Å². The van der Waals surface area contributed by atoms with Gasteiger partial charge in [0.1, 0.15) is 11.3 Å². The first-order chi connectivity index (χ1) is 9.26. The standard InChI is InChI=1S/C12H12N6O/c13-11-2-1-9-12(17-11)16-10(6-14-9)8-5-15-18(7-8)3-4-19/h1-2,5-7,19H,3-4H2,(H2,13,16,17). The van der Waals surface area contributed by atoms with E-state index in [1.54, 1.807) is 35.4 Å². The summed E-state index contributed by atoms with van der Waals surface area (Å²) < 4.78 is 1.65. The van der Waals surface area contributed by atoms with Crippen molar-refractivity contribution in [3.8, 4) is 11.3 Å². The molecule has 0 saturated heterocycles. The summed E-state index contributed by atoms with van der Waals surface area (Å²) in [7, 11) is 0. The molecule has 0 aliphatic rings. The number of nitrogens with zero attached hydrogens (tertiary/aromatic N) is 5. The SMILES string of the molecule is Nc1ccc2ncc(-c3cnn(CCO)c3)nc2n1. The van der Waals surface area contributed by atoms with E-state index < -0.39 is 0 Å². The van der Waals surface area contributed by atoms with Crippen LogP contribution < -0.4 is 5.73 Å². The van der Waals surface area contributed by atoms with Crippen LogP contribution in [-0.2, 0) is 6.54 Å². The van der Waals surface area contributed by atoms with Gasteiger partial charge in [0.25, 0.3) is 0 Å². The largest absolute Gasteiger partial charge is 0.394 e. The van der Waals surface area contributed by atoms with Crippen molar-refractivity contribution in [1.29, 1.82) is 0 Å². The van der Waals surface area contributed by atoms with Crippen LogP contribution in [0.2, 0.25) is 0 Å². The molecule has 0 amide bonds. The maximum absolute atomic E-state index is 8.86. The summed E-state index contributed by atoms with van der Waals surface area (Å²) in [6, 6.07) is 3.47. The maximum atomic E-state index is 8.86. The Morgan fingerprint density at radius 2 is 2.11 bits per heavy atom. The number of nitrogen functional groups attached to an aromatic ring is 1. The van der Waals surface area contributed by atoms with Gasteiger partial charge < -0.3 is 10.8 Å². The molecule has 19 heavy (non-hydrogen) atoms. The Hall–Kier alpha value is -2.54. The van der Waals surface area contributed by atoms with Crippen molar-refractivity contribution in [2.45, 2.75) is 6.54 Å². The minimum Gasteiger partial charge on any atom is -0.394 e. The van der Waals surface area contributed by atoms with E-state index in [0.717, 1.165) is 5.56 Å². The zero-order valence-corrected chi connectivity index (χ0v) is 10.1. The van der Waals surface area contributed by atoms with Gasteiger partial charge in [0.05, 0.1) is 31.2 Å². The highest BCUT2D eigenvalue weighted by Crippen LogP contribution is 2.18. The molecule has 0 atom stereocenters. The molecule has 3 aromatic heterocycles. The predicted molar refractivity (Wildman–Crippen MR) is 70.1 cm³/mol. The van der Waals surface area contributed by atoms with Crippen molar-refractivity contribution in [1.82, 2.24) is 24.7 Å². The number of nitrogens with two attached hydrogens (primary N) is 1. The normalized spacial score (nSPS) is 11.0. The molecule has 0 saturated carbocycles. The molecule has 3 heterocycles. The molecule has 0 aliphatic carbocycles. The predicted octanol–water partition coefficient (Wildman–Crippen LogP) is 0.463. The Labute approximate surface area is 108 Å². The Morgan fingerprint density at radius 3 is 2.95 bits per heavy atom. The van der Waals surface area contributed by atoms with Crippen molar-refractivity contribution in [3.05, 3.63) is 30.7 Å². The van der Waals surface area contributed by atoms with Crippen LogP contribution in [-0.4, -0.2) is 36.4 Å². The van der Waals surface area contributed by atoms with E-state index in [1.807, 2.05) is 0 Å². The Kier molecular flexibility index (Phi) is 2.81. The van der Waals surface area contributed by atoms with Gasteiger partial charge in [-0.2, -0.15) is 5.10 Å². The van der Waals surface area contributed by atoms with E-state index in [-0.39, 0.29) is 6.61 Å². The number of hydrogen-bond donors (Lipinski definition) is 2. The minimum atomic E-state index is 0.0443. The third kappa shape index (κ3) is 2.23. The highest BCUT2D eigenvalue weighted by Gasteiger charge is 2.06. The van der Waals surface area contributed by atoms with Crippen LogP contribution in [0.25, 0.3) is 22.4 Å². The lowest BCUT2D eigenvalue weighted by atomic mass is 10.2. The summed E-state index contributed by atoms with van der Waals surface area (Å²) in [5.74, 6) is 0.412. The second kappa shape index (κ2) is 4.62. The number of fused-ring (bicyclic) bond motifs is 1. The van der Waals surface area contributed by atoms with E-state index in [1.165, 1.54) is 0 Å². The number of anilines is 1. The molecule has 0 aromatic carbocycles. The number of aromatic nitrogens is 5. The highest BCUT2D eigenvalue weighted by atomic mass is 16.3. The van der Waals surface area contributed by atoms with E-state index in [0.29, 0.717) is 29.2 Å². The third-order valence-electron chi connectivity index (χ3n) is 2.69. The van der Waals surface area contributed by atoms with E-state index in [9.17, 15) is 0 Å². The van der Waals surface area contributed by atoms with Crippen molar-refractivity contribution in [2.24, 2.45) is 0 Å². The van der Waals surface area contributed by atoms with Crippen molar-refractivity contribution >= 4 is 17.0 Å². The number of aliphatic hydroxyl groups is 1. The molecule has 7 heteroatoms. The zero-order valence-electron chi connectivity index (χ0n) is 10.1. The average molecular weight is 256 g/mol. The molecule has 0 radical (unpaired) electrons. The molecule has 0 unspecified atom stereocenters. The Balaban J connectivity index is 2.03. The number of rotatable bonds is 3. The molecule has 0 fully saturated rings. The summed E-state index contributed by atoms with van der Waals surface area (Å²) in [4.78, 5) is 12.8. The number of hydrogen-bond acceptors (Lipinski definition) is 6. The average Bonchev–Trinajstić information content (AvgIpc) is 2.87. The first-order valence-corrected chi connectivity index (χ1v) is 5.79. The fourth-order valence-corrected chi connectivity index (χ4v) is 1.77. The Bertz CT molecular complexity index is 723. The lowest BCUT2D eigenvalue weighted by Gasteiger charge is -2.00. The lowest BCUT2D eigenvalue weighted by Crippen LogP contribution is -2.01. The summed E-state index contributed by atoms with van der Waals surface area (Å²) in [6.07, 6.45) is 5.15. The summed E-state index contributed by atoms with van der Waals surface area (Å²) in [6.45, 7) is 0.495. The zero-order chi connectivity index (χ0) is 13.2. The molecular formula is C12H12N6O. The monoisotopic (exact) mass is 256 g/mol. The lowest BCUT2D eigenvalue weighted by molar-refractivity contribution is 0.269. The second-order valence-corrected chi connectivity index (χ2v) is 4.05. The van der Waals surface area contributed by atoms with Gasteiger partial charge in [0.15, 0.2) is 5.65 Å². The number of aliphatic hydroxyl groups excluding tert-OH is 1. The van der Waals surface area contributed by atoms with Crippen molar-refractivity contribution in [3.63, 3.8) is 0 Å². The smallest absolute Gasteiger partial charge is 0.180 e. The van der Waals surface area contributed by atoms with E-state index in [2.05, 4.69) is 20.1 Å². The first-order valence-electron chi connectivity index (χ1n) is 5.79. The van der Waals surface area contributed by atoms with Crippen molar-refractivity contribution in [2.75, 3.05) is 12.3 Å². The molecule has 7 nitrogen and oxygen atoms in total. The summed E-state index contributed by atoms with van der Waals surface area (Å²) in [5.41, 5.74) is 8.34. The topological polar surface area (TPSA) is 103 Å². The van der Waals surface area contributed by atoms with Gasteiger partial charge >= 0.3 is 0 Å². The fourth-order valence-electron chi connectivity index (χ4n) is 1.77. The minimum absolute atomic E-state index is 0.0443. The van der Waals surface area contributed by atoms with Crippen molar-refractivity contribution < 1.29 is 5.11 Å². The molecule has 3 aromatic rings. The molecule has 0 spiro atoms. The molecule has 3 rings (SSSR count). The second-order valence-electron chi connectivity index (χ2n) is 4.05.